The predicted molar refractivity (Wildman–Crippen MR) is 84.7 cm³/mol. The predicted octanol–water partition coefficient (Wildman–Crippen LogP) is 3.93. The molecule has 0 aliphatic heterocycles. The van der Waals surface area contributed by atoms with Crippen molar-refractivity contribution in [2.24, 2.45) is 5.92 Å². The highest BCUT2D eigenvalue weighted by molar-refractivity contribution is 5.77. The molecular weight excluding hydrogens is 276 g/mol. The summed E-state index contributed by atoms with van der Waals surface area (Å²) in [5.41, 5.74) is 2.33. The van der Waals surface area contributed by atoms with Gasteiger partial charge in [0, 0.05) is 0 Å². The molecule has 3 nitrogen and oxygen atoms in total. The Balaban J connectivity index is 1.54. The van der Waals surface area contributed by atoms with Crippen LogP contribution in [0.25, 0.3) is 0 Å². The number of carbonyl (C=O) groups is 1. The van der Waals surface area contributed by atoms with Gasteiger partial charge >= 0.3 is 5.97 Å². The summed E-state index contributed by atoms with van der Waals surface area (Å²) >= 11 is 0. The Morgan fingerprint density at radius 1 is 1.09 bits per heavy atom. The Labute approximate surface area is 130 Å². The maximum absolute atomic E-state index is 11.7. The molecule has 2 aromatic rings. The first-order chi connectivity index (χ1) is 10.8. The van der Waals surface area contributed by atoms with E-state index in [-0.39, 0.29) is 11.9 Å². The van der Waals surface area contributed by atoms with Crippen molar-refractivity contribution in [2.75, 3.05) is 6.61 Å². The van der Waals surface area contributed by atoms with Gasteiger partial charge in [0.15, 0.2) is 0 Å². The Morgan fingerprint density at radius 3 is 2.50 bits per heavy atom. The minimum absolute atomic E-state index is 0.0380. The second-order valence-electron chi connectivity index (χ2n) is 5.54. The van der Waals surface area contributed by atoms with Crippen LogP contribution >= 0.6 is 0 Å². The fourth-order valence-corrected chi connectivity index (χ4v) is 2.63. The van der Waals surface area contributed by atoms with Crippen LogP contribution in [-0.2, 0) is 16.1 Å². The van der Waals surface area contributed by atoms with Crippen molar-refractivity contribution in [3.63, 3.8) is 0 Å². The number of esters is 1. The molecule has 1 aliphatic carbocycles. The van der Waals surface area contributed by atoms with Gasteiger partial charge in [-0.3, -0.25) is 4.79 Å². The van der Waals surface area contributed by atoms with Crippen molar-refractivity contribution in [2.45, 2.75) is 25.9 Å². The van der Waals surface area contributed by atoms with Gasteiger partial charge in [-0.15, -0.1) is 0 Å². The Kier molecular flexibility index (Phi) is 4.42. The highest BCUT2D eigenvalue weighted by Crippen LogP contribution is 2.48. The molecule has 0 saturated heterocycles. The second-order valence-corrected chi connectivity index (χ2v) is 5.54. The van der Waals surface area contributed by atoms with E-state index in [1.807, 2.05) is 61.5 Å². The highest BCUT2D eigenvalue weighted by Gasteiger charge is 2.45. The zero-order valence-electron chi connectivity index (χ0n) is 12.7. The lowest BCUT2D eigenvalue weighted by Gasteiger charge is -2.07. The third-order valence-electron chi connectivity index (χ3n) is 3.94. The summed E-state index contributed by atoms with van der Waals surface area (Å²) in [6.07, 6.45) is 0.892. The van der Waals surface area contributed by atoms with Gasteiger partial charge in [0.05, 0.1) is 12.5 Å². The summed E-state index contributed by atoms with van der Waals surface area (Å²) in [7, 11) is 0. The molecule has 0 heterocycles. The summed E-state index contributed by atoms with van der Waals surface area (Å²) in [6.45, 7) is 2.86. The lowest BCUT2D eigenvalue weighted by atomic mass is 10.1. The molecule has 1 aliphatic rings. The van der Waals surface area contributed by atoms with E-state index in [9.17, 15) is 4.79 Å². The van der Waals surface area contributed by atoms with Crippen LogP contribution < -0.4 is 4.74 Å². The van der Waals surface area contributed by atoms with E-state index in [0.29, 0.717) is 19.1 Å². The van der Waals surface area contributed by atoms with Gasteiger partial charge in [-0.25, -0.2) is 0 Å². The van der Waals surface area contributed by atoms with Crippen molar-refractivity contribution < 1.29 is 14.3 Å². The van der Waals surface area contributed by atoms with Crippen molar-refractivity contribution in [3.05, 3.63) is 65.7 Å². The number of carbonyl (C=O) groups excluding carboxylic acids is 1. The number of hydrogen-bond acceptors (Lipinski definition) is 3. The lowest BCUT2D eigenvalue weighted by molar-refractivity contribution is -0.144. The maximum atomic E-state index is 11.7. The van der Waals surface area contributed by atoms with Crippen LogP contribution in [0.3, 0.4) is 0 Å². The first-order valence-corrected chi connectivity index (χ1v) is 7.71. The van der Waals surface area contributed by atoms with Crippen molar-refractivity contribution >= 4 is 5.97 Å². The molecule has 1 fully saturated rings. The largest absolute Gasteiger partial charge is 0.489 e. The van der Waals surface area contributed by atoms with E-state index in [1.165, 1.54) is 5.56 Å². The quantitative estimate of drug-likeness (QED) is 0.758. The highest BCUT2D eigenvalue weighted by atomic mass is 16.5. The number of ether oxygens (including phenoxy) is 2. The maximum Gasteiger partial charge on any atom is 0.309 e. The summed E-state index contributed by atoms with van der Waals surface area (Å²) in [6, 6.07) is 18.1. The van der Waals surface area contributed by atoms with Crippen LogP contribution in [0.2, 0.25) is 0 Å². The summed E-state index contributed by atoms with van der Waals surface area (Å²) in [5.74, 6) is 1.12. The first-order valence-electron chi connectivity index (χ1n) is 7.71. The fraction of sp³-hybridized carbons (Fsp3) is 0.316. The zero-order valence-corrected chi connectivity index (χ0v) is 12.7. The van der Waals surface area contributed by atoms with Crippen LogP contribution in [0.1, 0.15) is 30.4 Å². The third-order valence-corrected chi connectivity index (χ3v) is 3.94. The minimum Gasteiger partial charge on any atom is -0.489 e. The Hall–Kier alpha value is -2.29. The van der Waals surface area contributed by atoms with Crippen LogP contribution in [-0.4, -0.2) is 12.6 Å². The van der Waals surface area contributed by atoms with Gasteiger partial charge in [0.25, 0.3) is 0 Å². The topological polar surface area (TPSA) is 35.5 Å². The molecule has 0 radical (unpaired) electrons. The molecule has 3 heteroatoms. The molecule has 0 amide bonds. The molecule has 2 atom stereocenters. The summed E-state index contributed by atoms with van der Waals surface area (Å²) in [5, 5.41) is 0. The molecule has 114 valence electrons. The molecule has 0 spiro atoms. The first kappa shape index (κ1) is 14.6. The molecule has 3 rings (SSSR count). The lowest BCUT2D eigenvalue weighted by Crippen LogP contribution is -2.07. The number of rotatable bonds is 6. The van der Waals surface area contributed by atoms with Gasteiger partial charge in [-0.05, 0) is 42.5 Å². The van der Waals surface area contributed by atoms with Crippen molar-refractivity contribution in [1.82, 2.24) is 0 Å². The molecular formula is C19H20O3. The molecule has 22 heavy (non-hydrogen) atoms. The third kappa shape index (κ3) is 3.48. The SMILES string of the molecule is CCOC(=O)[C@@H]1C[C@H]1c1ccc(OCc2ccccc2)cc1. The second kappa shape index (κ2) is 6.65. The number of benzene rings is 2. The molecule has 1 saturated carbocycles. The van der Waals surface area contributed by atoms with Gasteiger partial charge in [-0.1, -0.05) is 42.5 Å². The monoisotopic (exact) mass is 296 g/mol. The molecule has 0 bridgehead atoms. The fourth-order valence-electron chi connectivity index (χ4n) is 2.63. The van der Waals surface area contributed by atoms with Gasteiger partial charge in [0.2, 0.25) is 0 Å². The van der Waals surface area contributed by atoms with Crippen molar-refractivity contribution in [1.29, 1.82) is 0 Å². The molecule has 2 aromatic carbocycles. The van der Waals surface area contributed by atoms with E-state index < -0.39 is 0 Å². The van der Waals surface area contributed by atoms with Gasteiger partial charge in [0.1, 0.15) is 12.4 Å². The van der Waals surface area contributed by atoms with E-state index in [4.69, 9.17) is 9.47 Å². The molecule has 0 aromatic heterocycles. The van der Waals surface area contributed by atoms with Crippen molar-refractivity contribution in [3.8, 4) is 5.75 Å². The van der Waals surface area contributed by atoms with Crippen LogP contribution in [0.15, 0.2) is 54.6 Å². The smallest absolute Gasteiger partial charge is 0.309 e. The van der Waals surface area contributed by atoms with E-state index in [0.717, 1.165) is 17.7 Å². The van der Waals surface area contributed by atoms with Crippen LogP contribution in [0, 0.1) is 5.92 Å². The number of hydrogen-bond donors (Lipinski definition) is 0. The average molecular weight is 296 g/mol. The van der Waals surface area contributed by atoms with E-state index in [1.54, 1.807) is 0 Å². The van der Waals surface area contributed by atoms with Gasteiger partial charge < -0.3 is 9.47 Å². The molecule has 0 unspecified atom stereocenters. The summed E-state index contributed by atoms with van der Waals surface area (Å²) in [4.78, 5) is 11.7. The van der Waals surface area contributed by atoms with Gasteiger partial charge in [-0.2, -0.15) is 0 Å². The minimum atomic E-state index is -0.0723. The normalized spacial score (nSPS) is 19.5. The Morgan fingerprint density at radius 2 is 1.82 bits per heavy atom. The zero-order chi connectivity index (χ0) is 15.4. The standard InChI is InChI=1S/C19H20O3/c1-2-21-19(20)18-12-17(18)15-8-10-16(11-9-15)22-13-14-6-4-3-5-7-14/h3-11,17-18H,2,12-13H2,1H3/t17-,18+/m0/s1. The van der Waals surface area contributed by atoms with Crippen LogP contribution in [0.5, 0.6) is 5.75 Å². The van der Waals surface area contributed by atoms with E-state index in [2.05, 4.69) is 0 Å². The average Bonchev–Trinajstić information content (AvgIpc) is 3.35. The van der Waals surface area contributed by atoms with E-state index >= 15 is 0 Å². The summed E-state index contributed by atoms with van der Waals surface area (Å²) < 4.78 is 10.8. The Bertz CT molecular complexity index is 619. The van der Waals surface area contributed by atoms with Crippen LogP contribution in [0.4, 0.5) is 0 Å². The molecule has 0 N–H and O–H groups in total.